The van der Waals surface area contributed by atoms with E-state index in [2.05, 4.69) is 0 Å². The zero-order valence-electron chi connectivity index (χ0n) is 15.4. The van der Waals surface area contributed by atoms with Crippen molar-refractivity contribution in [3.05, 3.63) is 0 Å². The van der Waals surface area contributed by atoms with Gasteiger partial charge in [0, 0.05) is 5.41 Å². The molecule has 1 heterocycles. The Morgan fingerprint density at radius 1 is 1.00 bits per heavy atom. The number of carbonyl (C=O) groups excluding carboxylic acids is 1. The fourth-order valence-electron chi connectivity index (χ4n) is 2.59. The summed E-state index contributed by atoms with van der Waals surface area (Å²) >= 11 is 0. The first-order valence-electron chi connectivity index (χ1n) is 8.52. The van der Waals surface area contributed by atoms with Crippen LogP contribution >= 0.6 is 0 Å². The second-order valence-corrected chi connectivity index (χ2v) is 7.59. The maximum Gasteiger partial charge on any atom is 0.187 e. The molecular weight excluding hydrogens is 368 g/mol. The van der Waals surface area contributed by atoms with E-state index < -0.39 is 79.5 Å². The molecule has 0 aromatic carbocycles. The van der Waals surface area contributed by atoms with Crippen molar-refractivity contribution in [2.24, 2.45) is 5.41 Å². The summed E-state index contributed by atoms with van der Waals surface area (Å²) in [7, 11) is 0. The van der Waals surface area contributed by atoms with E-state index in [9.17, 15) is 40.5 Å². The number of ether oxygens (including phenoxy) is 2. The van der Waals surface area contributed by atoms with Crippen LogP contribution in [0.25, 0.3) is 0 Å². The maximum atomic E-state index is 12.0. The summed E-state index contributed by atoms with van der Waals surface area (Å²) in [5.74, 6) is -0.751. The van der Waals surface area contributed by atoms with E-state index in [1.54, 1.807) is 0 Å². The van der Waals surface area contributed by atoms with Crippen LogP contribution in [-0.2, 0) is 14.3 Å². The topological polar surface area (TPSA) is 197 Å². The SMILES string of the molecule is CC(C)(C)C(=O)[C@H](O)[C@@H](O)[C@H](O)[C@@H](CO)OC1O[C@H](CO)[C@H](O)[C@H](O)[C@H]1O. The summed E-state index contributed by atoms with van der Waals surface area (Å²) in [4.78, 5) is 12.0. The van der Waals surface area contributed by atoms with Crippen molar-refractivity contribution in [1.29, 1.82) is 0 Å². The number of Topliss-reactive ketones (excluding diaryl/α,β-unsaturated/α-hetero) is 1. The molecule has 0 spiro atoms. The Hall–Kier alpha value is -0.730. The van der Waals surface area contributed by atoms with E-state index in [1.807, 2.05) is 0 Å². The number of aliphatic hydroxyl groups excluding tert-OH is 8. The minimum absolute atomic E-state index is 0.710. The lowest BCUT2D eigenvalue weighted by Gasteiger charge is -2.41. The van der Waals surface area contributed by atoms with E-state index >= 15 is 0 Å². The zero-order chi connectivity index (χ0) is 21.1. The van der Waals surface area contributed by atoms with Crippen LogP contribution in [0.4, 0.5) is 0 Å². The smallest absolute Gasteiger partial charge is 0.187 e. The third kappa shape index (κ3) is 5.64. The van der Waals surface area contributed by atoms with E-state index in [0.717, 1.165) is 0 Å². The normalized spacial score (nSPS) is 34.0. The highest BCUT2D eigenvalue weighted by atomic mass is 16.7. The molecule has 1 aliphatic rings. The molecule has 0 aromatic heterocycles. The molecule has 1 fully saturated rings. The minimum atomic E-state index is -2.02. The molecule has 1 aliphatic heterocycles. The standard InChI is InChI=1S/C16H30O11/c1-16(2,3)14(25)12(23)10(21)8(19)6(4-17)26-15-13(24)11(22)9(20)7(5-18)27-15/h6-13,15,17-24H,4-5H2,1-3H3/t6-,7-,8-,9+,10+,11+,12-,13-,15?/m1/s1. The van der Waals surface area contributed by atoms with Gasteiger partial charge in [-0.3, -0.25) is 4.79 Å². The van der Waals surface area contributed by atoms with E-state index in [-0.39, 0.29) is 0 Å². The van der Waals surface area contributed by atoms with Gasteiger partial charge in [0.25, 0.3) is 0 Å². The quantitative estimate of drug-likeness (QED) is 0.197. The van der Waals surface area contributed by atoms with Crippen LogP contribution in [0.15, 0.2) is 0 Å². The van der Waals surface area contributed by atoms with Crippen molar-refractivity contribution in [1.82, 2.24) is 0 Å². The summed E-state index contributed by atoms with van der Waals surface area (Å²) < 4.78 is 10.3. The summed E-state index contributed by atoms with van der Waals surface area (Å²) in [6.45, 7) is 2.91. The van der Waals surface area contributed by atoms with Gasteiger partial charge in [0.15, 0.2) is 12.1 Å². The first-order valence-corrected chi connectivity index (χ1v) is 8.52. The van der Waals surface area contributed by atoms with E-state index in [0.29, 0.717) is 0 Å². The Morgan fingerprint density at radius 3 is 2.00 bits per heavy atom. The van der Waals surface area contributed by atoms with Gasteiger partial charge in [0.2, 0.25) is 0 Å². The van der Waals surface area contributed by atoms with Crippen LogP contribution in [-0.4, -0.2) is 115 Å². The van der Waals surface area contributed by atoms with E-state index in [4.69, 9.17) is 14.6 Å². The van der Waals surface area contributed by atoms with Gasteiger partial charge in [-0.05, 0) is 0 Å². The second kappa shape index (κ2) is 9.65. The lowest BCUT2D eigenvalue weighted by atomic mass is 9.84. The van der Waals surface area contributed by atoms with Crippen LogP contribution in [0.2, 0.25) is 0 Å². The Balaban J connectivity index is 2.86. The third-order valence-electron chi connectivity index (χ3n) is 4.40. The molecule has 0 aromatic rings. The summed E-state index contributed by atoms with van der Waals surface area (Å²) in [5.41, 5.74) is -1.01. The van der Waals surface area contributed by atoms with Gasteiger partial charge in [-0.25, -0.2) is 0 Å². The molecule has 8 N–H and O–H groups in total. The Morgan fingerprint density at radius 2 is 1.56 bits per heavy atom. The number of hydrogen-bond acceptors (Lipinski definition) is 11. The van der Waals surface area contributed by atoms with Crippen molar-refractivity contribution in [2.75, 3.05) is 13.2 Å². The summed E-state index contributed by atoms with van der Waals surface area (Å²) in [5, 5.41) is 78.1. The average Bonchev–Trinajstić information content (AvgIpc) is 2.62. The molecule has 27 heavy (non-hydrogen) atoms. The summed E-state index contributed by atoms with van der Waals surface area (Å²) in [6.07, 6.45) is -15.7. The van der Waals surface area contributed by atoms with Gasteiger partial charge >= 0.3 is 0 Å². The lowest BCUT2D eigenvalue weighted by Crippen LogP contribution is -2.61. The van der Waals surface area contributed by atoms with Gasteiger partial charge in [-0.2, -0.15) is 0 Å². The van der Waals surface area contributed by atoms with E-state index in [1.165, 1.54) is 20.8 Å². The summed E-state index contributed by atoms with van der Waals surface area (Å²) in [6, 6.07) is 0. The van der Waals surface area contributed by atoms with Crippen LogP contribution in [0.5, 0.6) is 0 Å². The molecule has 0 saturated carbocycles. The first-order chi connectivity index (χ1) is 12.4. The Labute approximate surface area is 156 Å². The predicted octanol–water partition coefficient (Wildman–Crippen LogP) is -4.14. The number of hydrogen-bond donors (Lipinski definition) is 8. The molecule has 1 rings (SSSR count). The average molecular weight is 398 g/mol. The maximum absolute atomic E-state index is 12.0. The third-order valence-corrected chi connectivity index (χ3v) is 4.40. The van der Waals surface area contributed by atoms with Crippen LogP contribution in [0.3, 0.4) is 0 Å². The molecule has 1 saturated heterocycles. The van der Waals surface area contributed by atoms with Crippen molar-refractivity contribution in [2.45, 2.75) is 75.9 Å². The van der Waals surface area contributed by atoms with Gasteiger partial charge < -0.3 is 50.3 Å². The molecule has 0 radical (unpaired) electrons. The van der Waals surface area contributed by atoms with Gasteiger partial charge in [-0.15, -0.1) is 0 Å². The zero-order valence-corrected chi connectivity index (χ0v) is 15.4. The largest absolute Gasteiger partial charge is 0.394 e. The Kier molecular flexibility index (Phi) is 8.69. The van der Waals surface area contributed by atoms with Crippen molar-refractivity contribution < 1.29 is 55.1 Å². The fraction of sp³-hybridized carbons (Fsp3) is 0.938. The predicted molar refractivity (Wildman–Crippen MR) is 88.2 cm³/mol. The van der Waals surface area contributed by atoms with Crippen molar-refractivity contribution in [3.63, 3.8) is 0 Å². The molecule has 9 atom stereocenters. The van der Waals surface area contributed by atoms with Crippen molar-refractivity contribution >= 4 is 5.78 Å². The molecular formula is C16H30O11. The van der Waals surface area contributed by atoms with Gasteiger partial charge in [-0.1, -0.05) is 20.8 Å². The highest BCUT2D eigenvalue weighted by Gasteiger charge is 2.46. The molecule has 11 heteroatoms. The van der Waals surface area contributed by atoms with Crippen molar-refractivity contribution in [3.8, 4) is 0 Å². The van der Waals surface area contributed by atoms with Crippen LogP contribution < -0.4 is 0 Å². The molecule has 1 unspecified atom stereocenters. The van der Waals surface area contributed by atoms with Gasteiger partial charge in [0.05, 0.1) is 13.2 Å². The molecule has 0 aliphatic carbocycles. The highest BCUT2D eigenvalue weighted by Crippen LogP contribution is 2.25. The monoisotopic (exact) mass is 398 g/mol. The highest BCUT2D eigenvalue weighted by molar-refractivity contribution is 5.88. The van der Waals surface area contributed by atoms with Crippen LogP contribution in [0, 0.1) is 5.41 Å². The second-order valence-electron chi connectivity index (χ2n) is 7.59. The number of rotatable bonds is 8. The molecule has 160 valence electrons. The Bertz CT molecular complexity index is 477. The molecule has 0 amide bonds. The molecule has 11 nitrogen and oxygen atoms in total. The number of aliphatic hydroxyl groups is 8. The van der Waals surface area contributed by atoms with Crippen LogP contribution in [0.1, 0.15) is 20.8 Å². The number of ketones is 1. The first kappa shape index (κ1) is 24.3. The fourth-order valence-corrected chi connectivity index (χ4v) is 2.59. The minimum Gasteiger partial charge on any atom is -0.394 e. The molecule has 0 bridgehead atoms. The van der Waals surface area contributed by atoms with Gasteiger partial charge in [0.1, 0.15) is 48.8 Å². The lowest BCUT2D eigenvalue weighted by molar-refractivity contribution is -0.322. The number of carbonyl (C=O) groups is 1.